The minimum atomic E-state index is -0.423. The number of phenolic OH excluding ortho intramolecular Hbond substituents is 1. The highest BCUT2D eigenvalue weighted by Crippen LogP contribution is 2.37. The van der Waals surface area contributed by atoms with Crippen LogP contribution < -0.4 is 5.73 Å². The van der Waals surface area contributed by atoms with Crippen molar-refractivity contribution in [1.82, 2.24) is 0 Å². The normalized spacial score (nSPS) is 12.0. The van der Waals surface area contributed by atoms with Gasteiger partial charge in [-0.05, 0) is 18.6 Å². The second-order valence-corrected chi connectivity index (χ2v) is 4.17. The Morgan fingerprint density at radius 2 is 2.07 bits per heavy atom. The van der Waals surface area contributed by atoms with Crippen LogP contribution in [0.1, 0.15) is 18.0 Å². The predicted molar refractivity (Wildman–Crippen MR) is 66.7 cm³/mol. The minimum absolute atomic E-state index is 0. The summed E-state index contributed by atoms with van der Waals surface area (Å²) >= 11 is 9.01. The number of halogens is 3. The first-order chi connectivity index (χ1) is 6.57. The molecule has 0 saturated heterocycles. The molecule has 0 aromatic heterocycles. The van der Waals surface area contributed by atoms with Crippen molar-refractivity contribution in [2.75, 3.05) is 6.61 Å². The lowest BCUT2D eigenvalue weighted by molar-refractivity contribution is 0.275. The van der Waals surface area contributed by atoms with Crippen LogP contribution in [0.3, 0.4) is 0 Å². The van der Waals surface area contributed by atoms with Crippen LogP contribution in [0, 0.1) is 0 Å². The van der Waals surface area contributed by atoms with E-state index in [0.717, 1.165) is 0 Å². The van der Waals surface area contributed by atoms with Gasteiger partial charge in [-0.25, -0.2) is 0 Å². The third-order valence-corrected chi connectivity index (χ3v) is 2.92. The van der Waals surface area contributed by atoms with Gasteiger partial charge in [-0.15, -0.1) is 12.4 Å². The number of benzene rings is 1. The Hall–Kier alpha value is -0.000000000000000111. The maximum Gasteiger partial charge on any atom is 0.140 e. The topological polar surface area (TPSA) is 66.5 Å². The Morgan fingerprint density at radius 3 is 2.60 bits per heavy atom. The van der Waals surface area contributed by atoms with Gasteiger partial charge in [-0.3, -0.25) is 0 Å². The van der Waals surface area contributed by atoms with Crippen molar-refractivity contribution in [2.45, 2.75) is 12.5 Å². The molecule has 0 saturated carbocycles. The number of nitrogens with two attached hydrogens (primary N) is 1. The SMILES string of the molecule is Cl.N[C@H](CCO)c1c(Br)ccc(Cl)c1O. The molecule has 86 valence electrons. The fourth-order valence-electron chi connectivity index (χ4n) is 1.19. The molecule has 1 rings (SSSR count). The Bertz CT molecular complexity index is 336. The Kier molecular flexibility index (Phi) is 6.55. The lowest BCUT2D eigenvalue weighted by Crippen LogP contribution is -2.12. The molecule has 0 bridgehead atoms. The van der Waals surface area contributed by atoms with Crippen molar-refractivity contribution in [3.63, 3.8) is 0 Å². The molecule has 0 heterocycles. The molecule has 4 N–H and O–H groups in total. The number of rotatable bonds is 3. The molecule has 0 aliphatic rings. The fraction of sp³-hybridized carbons (Fsp3) is 0.333. The van der Waals surface area contributed by atoms with Crippen LogP contribution in [0.15, 0.2) is 16.6 Å². The zero-order chi connectivity index (χ0) is 10.7. The van der Waals surface area contributed by atoms with Gasteiger partial charge in [0.1, 0.15) is 5.75 Å². The molecule has 0 amide bonds. The maximum absolute atomic E-state index is 9.65. The zero-order valence-corrected chi connectivity index (χ0v) is 10.9. The smallest absolute Gasteiger partial charge is 0.140 e. The van der Waals surface area contributed by atoms with Gasteiger partial charge in [0.25, 0.3) is 0 Å². The number of phenols is 1. The summed E-state index contributed by atoms with van der Waals surface area (Å²) in [4.78, 5) is 0. The van der Waals surface area contributed by atoms with Crippen molar-refractivity contribution in [2.24, 2.45) is 5.73 Å². The first-order valence-electron chi connectivity index (χ1n) is 4.11. The van der Waals surface area contributed by atoms with E-state index < -0.39 is 6.04 Å². The van der Waals surface area contributed by atoms with E-state index in [-0.39, 0.29) is 29.8 Å². The van der Waals surface area contributed by atoms with Crippen LogP contribution in [0.25, 0.3) is 0 Å². The molecule has 3 nitrogen and oxygen atoms in total. The maximum atomic E-state index is 9.65. The third kappa shape index (κ3) is 3.50. The second kappa shape index (κ2) is 6.55. The Morgan fingerprint density at radius 1 is 1.47 bits per heavy atom. The first-order valence-corrected chi connectivity index (χ1v) is 5.28. The van der Waals surface area contributed by atoms with Crippen LogP contribution in [0.5, 0.6) is 5.75 Å². The lowest BCUT2D eigenvalue weighted by Gasteiger charge is -2.15. The van der Waals surface area contributed by atoms with Gasteiger partial charge in [-0.1, -0.05) is 27.5 Å². The summed E-state index contributed by atoms with van der Waals surface area (Å²) in [6, 6.07) is 2.87. The molecule has 0 aliphatic heterocycles. The zero-order valence-electron chi connectivity index (χ0n) is 7.78. The number of aliphatic hydroxyl groups excluding tert-OH is 1. The summed E-state index contributed by atoms with van der Waals surface area (Å²) in [6.07, 6.45) is 0.381. The number of hydrogen-bond donors (Lipinski definition) is 3. The third-order valence-electron chi connectivity index (χ3n) is 1.93. The monoisotopic (exact) mass is 315 g/mol. The minimum Gasteiger partial charge on any atom is -0.506 e. The van der Waals surface area contributed by atoms with Gasteiger partial charge in [-0.2, -0.15) is 0 Å². The molecular formula is C9H12BrCl2NO2. The van der Waals surface area contributed by atoms with Crippen molar-refractivity contribution in [3.8, 4) is 5.75 Å². The van der Waals surface area contributed by atoms with E-state index in [4.69, 9.17) is 22.4 Å². The molecule has 1 aromatic rings. The summed E-state index contributed by atoms with van der Waals surface area (Å²) < 4.78 is 0.695. The average molecular weight is 317 g/mol. The van der Waals surface area contributed by atoms with E-state index in [1.165, 1.54) is 0 Å². The molecule has 0 fully saturated rings. The van der Waals surface area contributed by atoms with Gasteiger partial charge >= 0.3 is 0 Å². The predicted octanol–water partition coefficient (Wildman–Crippen LogP) is 2.61. The van der Waals surface area contributed by atoms with Crippen LogP contribution in [0.4, 0.5) is 0 Å². The van der Waals surface area contributed by atoms with Crippen molar-refractivity contribution < 1.29 is 10.2 Å². The van der Waals surface area contributed by atoms with E-state index in [0.29, 0.717) is 16.5 Å². The number of hydrogen-bond acceptors (Lipinski definition) is 3. The summed E-state index contributed by atoms with van der Waals surface area (Å²) in [6.45, 7) is -0.0282. The molecule has 1 aromatic carbocycles. The summed E-state index contributed by atoms with van der Waals surface area (Å²) in [7, 11) is 0. The van der Waals surface area contributed by atoms with Gasteiger partial charge in [0.05, 0.1) is 5.02 Å². The molecule has 15 heavy (non-hydrogen) atoms. The van der Waals surface area contributed by atoms with E-state index >= 15 is 0 Å². The standard InChI is InChI=1S/C9H11BrClNO2.ClH/c10-5-1-2-6(11)9(14)8(5)7(12)3-4-13;/h1-2,7,13-14H,3-4,12H2;1H/t7-;/m1./s1. The molecular weight excluding hydrogens is 305 g/mol. The Balaban J connectivity index is 0.00000196. The largest absolute Gasteiger partial charge is 0.506 e. The van der Waals surface area contributed by atoms with E-state index in [9.17, 15) is 5.11 Å². The quantitative estimate of drug-likeness (QED) is 0.803. The number of aromatic hydroxyl groups is 1. The van der Waals surface area contributed by atoms with E-state index in [2.05, 4.69) is 15.9 Å². The van der Waals surface area contributed by atoms with Crippen LogP contribution >= 0.6 is 39.9 Å². The van der Waals surface area contributed by atoms with Gasteiger partial charge in [0, 0.05) is 22.7 Å². The van der Waals surface area contributed by atoms with E-state index in [1.54, 1.807) is 12.1 Å². The lowest BCUT2D eigenvalue weighted by atomic mass is 10.0. The van der Waals surface area contributed by atoms with Crippen LogP contribution in [-0.4, -0.2) is 16.8 Å². The van der Waals surface area contributed by atoms with Gasteiger partial charge in [0.2, 0.25) is 0 Å². The van der Waals surface area contributed by atoms with Crippen molar-refractivity contribution >= 4 is 39.9 Å². The summed E-state index contributed by atoms with van der Waals surface area (Å²) in [5, 5.41) is 18.7. The second-order valence-electron chi connectivity index (χ2n) is 2.91. The Labute approximate surface area is 108 Å². The fourth-order valence-corrected chi connectivity index (χ4v) is 1.97. The van der Waals surface area contributed by atoms with Gasteiger partial charge in [0.15, 0.2) is 0 Å². The molecule has 1 atom stereocenters. The number of aliphatic hydroxyl groups is 1. The highest BCUT2D eigenvalue weighted by Gasteiger charge is 2.16. The van der Waals surface area contributed by atoms with Crippen molar-refractivity contribution in [1.29, 1.82) is 0 Å². The molecule has 0 radical (unpaired) electrons. The average Bonchev–Trinajstić information content (AvgIpc) is 2.13. The molecule has 6 heteroatoms. The molecule has 0 aliphatic carbocycles. The molecule has 0 unspecified atom stereocenters. The molecule has 0 spiro atoms. The van der Waals surface area contributed by atoms with Crippen molar-refractivity contribution in [3.05, 3.63) is 27.2 Å². The van der Waals surface area contributed by atoms with Gasteiger partial charge < -0.3 is 15.9 Å². The first kappa shape index (κ1) is 15.0. The summed E-state index contributed by atoms with van der Waals surface area (Å²) in [5.41, 5.74) is 6.30. The highest BCUT2D eigenvalue weighted by atomic mass is 79.9. The van der Waals surface area contributed by atoms with Crippen LogP contribution in [0.2, 0.25) is 5.02 Å². The van der Waals surface area contributed by atoms with Crippen LogP contribution in [-0.2, 0) is 0 Å². The van der Waals surface area contributed by atoms with E-state index in [1.807, 2.05) is 0 Å². The highest BCUT2D eigenvalue weighted by molar-refractivity contribution is 9.10. The summed E-state index contributed by atoms with van der Waals surface area (Å²) in [5.74, 6) is -0.0259.